The summed E-state index contributed by atoms with van der Waals surface area (Å²) in [6.07, 6.45) is 0. The number of fused-ring (bicyclic) bond motifs is 7. The molecule has 66 heavy (non-hydrogen) atoms. The van der Waals surface area contributed by atoms with Crippen LogP contribution < -0.4 is 4.90 Å². The van der Waals surface area contributed by atoms with Crippen LogP contribution in [0.3, 0.4) is 0 Å². The molecule has 13 rings (SSSR count). The van der Waals surface area contributed by atoms with Crippen molar-refractivity contribution in [3.05, 3.63) is 305 Å². The number of hydrogen-bond acceptors (Lipinski definition) is 2. The summed E-state index contributed by atoms with van der Waals surface area (Å²) in [6, 6.07) is 95.5. The van der Waals surface area contributed by atoms with Crippen LogP contribution in [-0.2, 0) is 10.8 Å². The maximum Gasteiger partial charge on any atom is 0.158 e. The highest BCUT2D eigenvalue weighted by Crippen LogP contribution is 2.60. The normalized spacial score (nSPS) is 13.7. The van der Waals surface area contributed by atoms with Gasteiger partial charge in [-0.3, -0.25) is 0 Å². The first-order chi connectivity index (χ1) is 32.7. The largest absolute Gasteiger partial charge is 0.454 e. The van der Waals surface area contributed by atoms with Crippen LogP contribution in [-0.4, -0.2) is 0 Å². The van der Waals surface area contributed by atoms with Crippen molar-refractivity contribution in [1.82, 2.24) is 0 Å². The Morgan fingerprint density at radius 1 is 0.303 bits per heavy atom. The number of para-hydroxylation sites is 1. The molecule has 0 unspecified atom stereocenters. The molecule has 2 heteroatoms. The van der Waals surface area contributed by atoms with Crippen LogP contribution in [0.15, 0.2) is 265 Å². The summed E-state index contributed by atoms with van der Waals surface area (Å²) in [5.74, 6) is 0.839. The van der Waals surface area contributed by atoms with Crippen molar-refractivity contribution in [2.24, 2.45) is 0 Å². The van der Waals surface area contributed by atoms with Crippen molar-refractivity contribution in [3.63, 3.8) is 0 Å². The fourth-order valence-corrected chi connectivity index (χ4v) is 11.5. The molecule has 0 bridgehead atoms. The highest BCUT2D eigenvalue weighted by Gasteiger charge is 2.48. The second kappa shape index (κ2) is 15.1. The molecule has 0 saturated heterocycles. The Labute approximate surface area is 385 Å². The van der Waals surface area contributed by atoms with Gasteiger partial charge in [0.25, 0.3) is 0 Å². The second-order valence-electron chi connectivity index (χ2n) is 17.5. The molecule has 0 fully saturated rings. The summed E-state index contributed by atoms with van der Waals surface area (Å²) in [4.78, 5) is 2.44. The quantitative estimate of drug-likeness (QED) is 0.152. The SMILES string of the molecule is c1ccc(-c2cc3cccc(N(c4ccc5c(c4)C(c4ccccc4)(c4ccccc4)c4ccccc4-5)c4ccc5c(c4)C(c4ccccc4)(c4ccccc4)c4ccccc4-5)c3o2)cc1. The average Bonchev–Trinajstić information content (AvgIpc) is 4.06. The third-order valence-electron chi connectivity index (χ3n) is 14.2. The van der Waals surface area contributed by atoms with E-state index in [4.69, 9.17) is 4.42 Å². The van der Waals surface area contributed by atoms with Crippen LogP contribution >= 0.6 is 0 Å². The van der Waals surface area contributed by atoms with Crippen molar-refractivity contribution < 1.29 is 4.42 Å². The van der Waals surface area contributed by atoms with E-state index in [0.29, 0.717) is 0 Å². The summed E-state index contributed by atoms with van der Waals surface area (Å²) >= 11 is 0. The van der Waals surface area contributed by atoms with Crippen LogP contribution in [0.2, 0.25) is 0 Å². The molecule has 0 radical (unpaired) electrons. The van der Waals surface area contributed by atoms with Crippen LogP contribution in [0.25, 0.3) is 44.5 Å². The molecule has 2 aliphatic carbocycles. The Bertz CT molecular complexity index is 3320. The van der Waals surface area contributed by atoms with E-state index in [1.165, 1.54) is 66.8 Å². The van der Waals surface area contributed by atoms with E-state index in [2.05, 4.69) is 260 Å². The summed E-state index contributed by atoms with van der Waals surface area (Å²) in [5, 5.41) is 1.05. The molecular formula is C64H43NO. The lowest BCUT2D eigenvalue weighted by Crippen LogP contribution is -2.29. The maximum absolute atomic E-state index is 7.01. The number of furan rings is 1. The molecule has 310 valence electrons. The number of anilines is 3. The van der Waals surface area contributed by atoms with Gasteiger partial charge in [0.1, 0.15) is 5.76 Å². The predicted molar refractivity (Wildman–Crippen MR) is 271 cm³/mol. The van der Waals surface area contributed by atoms with E-state index in [1.54, 1.807) is 0 Å². The van der Waals surface area contributed by atoms with Crippen molar-refractivity contribution in [2.45, 2.75) is 10.8 Å². The molecule has 0 atom stereocenters. The predicted octanol–water partition coefficient (Wildman–Crippen LogP) is 16.3. The van der Waals surface area contributed by atoms with E-state index in [0.717, 1.165) is 39.4 Å². The lowest BCUT2D eigenvalue weighted by atomic mass is 9.67. The van der Waals surface area contributed by atoms with E-state index in [9.17, 15) is 0 Å². The topological polar surface area (TPSA) is 16.4 Å². The zero-order valence-corrected chi connectivity index (χ0v) is 36.2. The zero-order chi connectivity index (χ0) is 43.7. The van der Waals surface area contributed by atoms with Crippen molar-refractivity contribution in [2.75, 3.05) is 4.90 Å². The third kappa shape index (κ3) is 5.49. The van der Waals surface area contributed by atoms with Gasteiger partial charge in [-0.1, -0.05) is 224 Å². The molecule has 0 aliphatic heterocycles. The monoisotopic (exact) mass is 841 g/mol. The van der Waals surface area contributed by atoms with Gasteiger partial charge in [0.15, 0.2) is 5.58 Å². The van der Waals surface area contributed by atoms with E-state index >= 15 is 0 Å². The maximum atomic E-state index is 7.01. The minimum atomic E-state index is -0.567. The summed E-state index contributed by atoms with van der Waals surface area (Å²) < 4.78 is 7.01. The zero-order valence-electron chi connectivity index (χ0n) is 36.2. The number of hydrogen-bond donors (Lipinski definition) is 0. The van der Waals surface area contributed by atoms with Crippen LogP contribution in [0.5, 0.6) is 0 Å². The number of nitrogens with zero attached hydrogens (tertiary/aromatic N) is 1. The molecule has 1 heterocycles. The molecule has 2 nitrogen and oxygen atoms in total. The minimum absolute atomic E-state index is 0.567. The fourth-order valence-electron chi connectivity index (χ4n) is 11.5. The van der Waals surface area contributed by atoms with Gasteiger partial charge in [-0.25, -0.2) is 0 Å². The molecule has 2 aliphatic rings. The lowest BCUT2D eigenvalue weighted by molar-refractivity contribution is 0.632. The molecule has 0 N–H and O–H groups in total. The van der Waals surface area contributed by atoms with Crippen LogP contribution in [0.4, 0.5) is 17.1 Å². The standard InChI is InChI=1S/C64H43NO/c1-6-21-44(22-7-1)61-41-45-23-20-36-60(62(45)66-61)65(50-37-39-54-52-32-16-18-34-56(52)63(58(54)42-50,46-24-8-2-9-25-46)47-26-10-3-11-27-47)51-38-40-55-53-33-17-19-35-57(53)64(59(55)43-51,48-28-12-4-13-29-48)49-30-14-5-15-31-49/h1-43H. The molecule has 0 spiro atoms. The van der Waals surface area contributed by atoms with Gasteiger partial charge in [0, 0.05) is 22.3 Å². The van der Waals surface area contributed by atoms with Gasteiger partial charge in [-0.05, 0) is 103 Å². The molecule has 0 amide bonds. The van der Waals surface area contributed by atoms with Crippen molar-refractivity contribution in [1.29, 1.82) is 0 Å². The first-order valence-corrected chi connectivity index (χ1v) is 22.8. The van der Waals surface area contributed by atoms with Crippen LogP contribution in [0.1, 0.15) is 44.5 Å². The Morgan fingerprint density at radius 3 is 1.15 bits per heavy atom. The highest BCUT2D eigenvalue weighted by atomic mass is 16.3. The van der Waals surface area contributed by atoms with Crippen molar-refractivity contribution in [3.8, 4) is 33.6 Å². The Balaban J connectivity index is 1.11. The molecule has 0 saturated carbocycles. The average molecular weight is 842 g/mol. The van der Waals surface area contributed by atoms with Crippen molar-refractivity contribution >= 4 is 28.0 Å². The molecule has 1 aromatic heterocycles. The van der Waals surface area contributed by atoms with Gasteiger partial charge in [0.2, 0.25) is 0 Å². The second-order valence-corrected chi connectivity index (χ2v) is 17.5. The van der Waals surface area contributed by atoms with E-state index < -0.39 is 10.8 Å². The van der Waals surface area contributed by atoms with Crippen LogP contribution in [0, 0.1) is 0 Å². The molecule has 11 aromatic rings. The first kappa shape index (κ1) is 38.0. The Hall–Kier alpha value is -8.46. The highest BCUT2D eigenvalue weighted by molar-refractivity contribution is 5.99. The summed E-state index contributed by atoms with van der Waals surface area (Å²) in [7, 11) is 0. The summed E-state index contributed by atoms with van der Waals surface area (Å²) in [6.45, 7) is 0. The van der Waals surface area contributed by atoms with Gasteiger partial charge < -0.3 is 9.32 Å². The third-order valence-corrected chi connectivity index (χ3v) is 14.2. The van der Waals surface area contributed by atoms with Gasteiger partial charge in [0.05, 0.1) is 16.5 Å². The lowest BCUT2D eigenvalue weighted by Gasteiger charge is -2.36. The minimum Gasteiger partial charge on any atom is -0.454 e. The smallest absolute Gasteiger partial charge is 0.158 e. The van der Waals surface area contributed by atoms with Gasteiger partial charge in [-0.2, -0.15) is 0 Å². The van der Waals surface area contributed by atoms with E-state index in [1.807, 2.05) is 6.07 Å². The van der Waals surface area contributed by atoms with E-state index in [-0.39, 0.29) is 0 Å². The number of rotatable bonds is 8. The van der Waals surface area contributed by atoms with Gasteiger partial charge >= 0.3 is 0 Å². The fraction of sp³-hybridized carbons (Fsp3) is 0.0312. The molecular weight excluding hydrogens is 799 g/mol. The summed E-state index contributed by atoms with van der Waals surface area (Å²) in [5.41, 5.74) is 18.8. The Morgan fingerprint density at radius 2 is 0.697 bits per heavy atom. The Kier molecular flexibility index (Phi) is 8.69. The first-order valence-electron chi connectivity index (χ1n) is 22.8. The van der Waals surface area contributed by atoms with Gasteiger partial charge in [-0.15, -0.1) is 0 Å². The molecule has 10 aromatic carbocycles. The number of benzene rings is 10.